The summed E-state index contributed by atoms with van der Waals surface area (Å²) in [6, 6.07) is 6.89. The van der Waals surface area contributed by atoms with Crippen molar-refractivity contribution in [3.05, 3.63) is 34.9 Å². The quantitative estimate of drug-likeness (QED) is 0.842. The molecule has 7 heteroatoms. The van der Waals surface area contributed by atoms with E-state index in [0.29, 0.717) is 31.0 Å². The fraction of sp³-hybridized carbons (Fsp3) is 0.400. The highest BCUT2D eigenvalue weighted by Crippen LogP contribution is 2.19. The Morgan fingerprint density at radius 1 is 1.32 bits per heavy atom. The molecular weight excluding hydrogens is 306 g/mol. The summed E-state index contributed by atoms with van der Waals surface area (Å²) in [7, 11) is 0. The molecule has 0 saturated carbocycles. The first-order valence-electron chi connectivity index (χ1n) is 7.16. The maximum Gasteiger partial charge on any atom is 0.324 e. The number of halogens is 1. The van der Waals surface area contributed by atoms with Crippen molar-refractivity contribution in [3.8, 4) is 0 Å². The van der Waals surface area contributed by atoms with Gasteiger partial charge in [0.25, 0.3) is 0 Å². The number of rotatable bonds is 4. The van der Waals surface area contributed by atoms with E-state index in [9.17, 15) is 14.4 Å². The van der Waals surface area contributed by atoms with Crippen LogP contribution in [0.2, 0.25) is 5.02 Å². The molecule has 0 unspecified atom stereocenters. The van der Waals surface area contributed by atoms with Crippen LogP contribution in [-0.4, -0.2) is 53.3 Å². The molecule has 0 aromatic heterocycles. The molecule has 0 aliphatic carbocycles. The van der Waals surface area contributed by atoms with Crippen LogP contribution in [0.15, 0.2) is 24.3 Å². The second-order valence-electron chi connectivity index (χ2n) is 5.50. The van der Waals surface area contributed by atoms with Crippen LogP contribution in [0, 0.1) is 0 Å². The zero-order chi connectivity index (χ0) is 15.7. The van der Waals surface area contributed by atoms with E-state index >= 15 is 0 Å². The van der Waals surface area contributed by atoms with Crippen LogP contribution in [0.4, 0.5) is 4.79 Å². The van der Waals surface area contributed by atoms with E-state index in [2.05, 4.69) is 5.32 Å². The molecule has 1 aromatic carbocycles. The zero-order valence-electron chi connectivity index (χ0n) is 11.9. The molecule has 2 saturated heterocycles. The van der Waals surface area contributed by atoms with Gasteiger partial charge in [0.15, 0.2) is 0 Å². The van der Waals surface area contributed by atoms with Crippen molar-refractivity contribution in [2.24, 2.45) is 0 Å². The number of carbonyl (C=O) groups excluding carboxylic acids is 3. The Morgan fingerprint density at radius 3 is 2.73 bits per heavy atom. The van der Waals surface area contributed by atoms with Gasteiger partial charge in [-0.3, -0.25) is 14.5 Å². The first kappa shape index (κ1) is 14.8. The van der Waals surface area contributed by atoms with Crippen LogP contribution in [0.5, 0.6) is 0 Å². The number of hydrogen-bond donors (Lipinski definition) is 1. The summed E-state index contributed by atoms with van der Waals surface area (Å²) in [6.07, 6.45) is 1.02. The van der Waals surface area contributed by atoms with Gasteiger partial charge in [-0.25, -0.2) is 4.79 Å². The predicted octanol–water partition coefficient (Wildman–Crippen LogP) is 1.04. The molecule has 0 spiro atoms. The predicted molar refractivity (Wildman–Crippen MR) is 80.4 cm³/mol. The number of hydrogen-bond acceptors (Lipinski definition) is 3. The number of likely N-dealkylation sites (tertiary alicyclic amines) is 1. The molecule has 116 valence electrons. The summed E-state index contributed by atoms with van der Waals surface area (Å²) >= 11 is 5.91. The number of benzene rings is 1. The van der Waals surface area contributed by atoms with Crippen molar-refractivity contribution in [1.29, 1.82) is 0 Å². The normalized spacial score (nSPS) is 18.4. The maximum atomic E-state index is 12.1. The molecule has 0 radical (unpaired) electrons. The standard InChI is InChI=1S/C15H16ClN3O3/c16-11-3-1-2-10(6-11)4-5-13(20)18-8-12(9-18)19-14(21)7-17-15(19)22/h1-3,6,12H,4-5,7-9H2,(H,17,22). The number of nitrogens with zero attached hydrogens (tertiary/aromatic N) is 2. The highest BCUT2D eigenvalue weighted by atomic mass is 35.5. The summed E-state index contributed by atoms with van der Waals surface area (Å²) in [4.78, 5) is 38.1. The van der Waals surface area contributed by atoms with Gasteiger partial charge in [-0.05, 0) is 24.1 Å². The largest absolute Gasteiger partial charge is 0.338 e. The van der Waals surface area contributed by atoms with Crippen LogP contribution >= 0.6 is 11.6 Å². The van der Waals surface area contributed by atoms with E-state index in [-0.39, 0.29) is 30.4 Å². The van der Waals surface area contributed by atoms with Crippen molar-refractivity contribution >= 4 is 29.4 Å². The Hall–Kier alpha value is -2.08. The number of imide groups is 1. The molecule has 4 amide bonds. The monoisotopic (exact) mass is 321 g/mol. The molecule has 22 heavy (non-hydrogen) atoms. The molecule has 1 aromatic rings. The highest BCUT2D eigenvalue weighted by molar-refractivity contribution is 6.30. The number of carbonyl (C=O) groups is 3. The lowest BCUT2D eigenvalue weighted by atomic mass is 10.0. The summed E-state index contributed by atoms with van der Waals surface area (Å²) < 4.78 is 0. The minimum absolute atomic E-state index is 0.0308. The first-order chi connectivity index (χ1) is 10.5. The van der Waals surface area contributed by atoms with E-state index in [1.165, 1.54) is 4.90 Å². The summed E-state index contributed by atoms with van der Waals surface area (Å²) in [5, 5.41) is 3.15. The third kappa shape index (κ3) is 2.92. The van der Waals surface area contributed by atoms with Crippen molar-refractivity contribution in [2.45, 2.75) is 18.9 Å². The first-order valence-corrected chi connectivity index (χ1v) is 7.54. The molecule has 1 N–H and O–H groups in total. The molecule has 2 aliphatic rings. The molecule has 3 rings (SSSR count). The van der Waals surface area contributed by atoms with E-state index in [0.717, 1.165) is 5.56 Å². The summed E-state index contributed by atoms with van der Waals surface area (Å²) in [5.74, 6) is -0.190. The highest BCUT2D eigenvalue weighted by Gasteiger charge is 2.42. The van der Waals surface area contributed by atoms with Crippen molar-refractivity contribution in [3.63, 3.8) is 0 Å². The maximum absolute atomic E-state index is 12.1. The Balaban J connectivity index is 1.47. The van der Waals surface area contributed by atoms with Crippen molar-refractivity contribution in [2.75, 3.05) is 19.6 Å². The van der Waals surface area contributed by atoms with Gasteiger partial charge >= 0.3 is 6.03 Å². The van der Waals surface area contributed by atoms with Crippen LogP contribution in [0.3, 0.4) is 0 Å². The third-order valence-corrected chi connectivity index (χ3v) is 4.21. The van der Waals surface area contributed by atoms with Gasteiger partial charge in [0.1, 0.15) is 0 Å². The molecule has 2 fully saturated rings. The van der Waals surface area contributed by atoms with Gasteiger partial charge in [0, 0.05) is 24.5 Å². The summed E-state index contributed by atoms with van der Waals surface area (Å²) in [5.41, 5.74) is 1.02. The van der Waals surface area contributed by atoms with Crippen LogP contribution in [-0.2, 0) is 16.0 Å². The lowest BCUT2D eigenvalue weighted by Crippen LogP contribution is -2.62. The van der Waals surface area contributed by atoms with Gasteiger partial charge in [-0.15, -0.1) is 0 Å². The van der Waals surface area contributed by atoms with E-state index in [1.807, 2.05) is 18.2 Å². The molecule has 0 atom stereocenters. The summed E-state index contributed by atoms with van der Waals surface area (Å²) in [6.45, 7) is 0.902. The van der Waals surface area contributed by atoms with Gasteiger partial charge < -0.3 is 10.2 Å². The van der Waals surface area contributed by atoms with E-state index in [4.69, 9.17) is 11.6 Å². The Labute approximate surface area is 133 Å². The average molecular weight is 322 g/mol. The van der Waals surface area contributed by atoms with Gasteiger partial charge in [-0.1, -0.05) is 23.7 Å². The minimum Gasteiger partial charge on any atom is -0.338 e. The molecule has 6 nitrogen and oxygen atoms in total. The number of amides is 4. The second kappa shape index (κ2) is 5.96. The van der Waals surface area contributed by atoms with Crippen molar-refractivity contribution < 1.29 is 14.4 Å². The van der Waals surface area contributed by atoms with Crippen LogP contribution in [0.25, 0.3) is 0 Å². The van der Waals surface area contributed by atoms with Gasteiger partial charge in [0.05, 0.1) is 12.6 Å². The van der Waals surface area contributed by atoms with E-state index in [1.54, 1.807) is 11.0 Å². The van der Waals surface area contributed by atoms with Crippen LogP contribution in [0.1, 0.15) is 12.0 Å². The fourth-order valence-corrected chi connectivity index (χ4v) is 2.94. The molecule has 2 aliphatic heterocycles. The zero-order valence-corrected chi connectivity index (χ0v) is 12.7. The average Bonchev–Trinajstić information content (AvgIpc) is 2.76. The lowest BCUT2D eigenvalue weighted by Gasteiger charge is -2.42. The second-order valence-corrected chi connectivity index (χ2v) is 5.94. The Kier molecular flexibility index (Phi) is 4.02. The molecule has 2 heterocycles. The fourth-order valence-electron chi connectivity index (χ4n) is 2.73. The topological polar surface area (TPSA) is 69.7 Å². The third-order valence-electron chi connectivity index (χ3n) is 3.98. The number of nitrogens with one attached hydrogen (secondary N) is 1. The minimum atomic E-state index is -0.360. The Morgan fingerprint density at radius 2 is 2.09 bits per heavy atom. The number of aryl methyl sites for hydroxylation is 1. The number of urea groups is 1. The van der Waals surface area contributed by atoms with Gasteiger partial charge in [-0.2, -0.15) is 0 Å². The molecule has 0 bridgehead atoms. The Bertz CT molecular complexity index is 612. The smallest absolute Gasteiger partial charge is 0.324 e. The molecular formula is C15H16ClN3O3. The van der Waals surface area contributed by atoms with Crippen molar-refractivity contribution in [1.82, 2.24) is 15.1 Å². The lowest BCUT2D eigenvalue weighted by molar-refractivity contribution is -0.142. The SMILES string of the molecule is O=C(CCc1cccc(Cl)c1)N1CC(N2C(=O)CNC2=O)C1. The van der Waals surface area contributed by atoms with E-state index < -0.39 is 0 Å². The van der Waals surface area contributed by atoms with Gasteiger partial charge in [0.2, 0.25) is 11.8 Å². The van der Waals surface area contributed by atoms with Crippen LogP contribution < -0.4 is 5.32 Å².